The van der Waals surface area contributed by atoms with Gasteiger partial charge in [0.05, 0.1) is 0 Å². The third kappa shape index (κ3) is 10.9. The van der Waals surface area contributed by atoms with Crippen molar-refractivity contribution in [2.24, 2.45) is 5.73 Å². The number of esters is 3. The van der Waals surface area contributed by atoms with E-state index in [1.165, 1.54) is 12.1 Å². The third-order valence-corrected chi connectivity index (χ3v) is 5.28. The molecule has 1 aromatic carbocycles. The average Bonchev–Trinajstić information content (AvgIpc) is 2.75. The van der Waals surface area contributed by atoms with Crippen molar-refractivity contribution in [2.45, 2.75) is 104 Å². The van der Waals surface area contributed by atoms with E-state index in [1.54, 1.807) is 13.0 Å². The molecular weight excluding hydrogens is 454 g/mol. The Morgan fingerprint density at radius 1 is 0.886 bits per heavy atom. The lowest BCUT2D eigenvalue weighted by Crippen LogP contribution is -2.52. The zero-order valence-corrected chi connectivity index (χ0v) is 21.3. The number of hydrogen-bond donors (Lipinski definition) is 2. The summed E-state index contributed by atoms with van der Waals surface area (Å²) in [7, 11) is 0. The van der Waals surface area contributed by atoms with Crippen molar-refractivity contribution in [3.8, 4) is 11.5 Å². The molecule has 1 aromatic rings. The van der Waals surface area contributed by atoms with Gasteiger partial charge >= 0.3 is 23.9 Å². The van der Waals surface area contributed by atoms with E-state index in [0.29, 0.717) is 24.8 Å². The molecule has 1 rings (SSSR count). The molecule has 0 aliphatic carbocycles. The highest BCUT2D eigenvalue weighted by molar-refractivity contribution is 5.80. The first-order chi connectivity index (χ1) is 16.5. The summed E-state index contributed by atoms with van der Waals surface area (Å²) in [6, 6.07) is 4.47. The van der Waals surface area contributed by atoms with Crippen LogP contribution in [0.15, 0.2) is 18.2 Å². The van der Waals surface area contributed by atoms with Gasteiger partial charge in [0.25, 0.3) is 0 Å². The summed E-state index contributed by atoms with van der Waals surface area (Å²) in [6.07, 6.45) is 3.46. The standard InChI is InChI=1S/C26H39NO8/c1-5-8-9-12-24(30)33-18(4)16-26(27,25(31)32)17-19-13-14-20(34-22(28)10-6-2)21(15-19)35-23(29)11-7-3/h13-15,18H,5-12,16-17,27H2,1-4H3,(H,31,32)/t18-,26?/m0/s1. The number of carbonyl (C=O) groups is 4. The Labute approximate surface area is 207 Å². The molecule has 0 radical (unpaired) electrons. The van der Waals surface area contributed by atoms with Gasteiger partial charge in [0.15, 0.2) is 11.5 Å². The summed E-state index contributed by atoms with van der Waals surface area (Å²) in [5.41, 5.74) is 4.97. The molecule has 0 aromatic heterocycles. The summed E-state index contributed by atoms with van der Waals surface area (Å²) < 4.78 is 16.1. The molecule has 196 valence electrons. The first-order valence-electron chi connectivity index (χ1n) is 12.3. The SMILES string of the molecule is CCCCCC(=O)O[C@@H](C)CC(N)(Cc1ccc(OC(=O)CCC)c(OC(=O)CCC)c1)C(=O)O. The minimum absolute atomic E-state index is 0.0218. The van der Waals surface area contributed by atoms with Crippen LogP contribution in [0, 0.1) is 0 Å². The van der Waals surface area contributed by atoms with Gasteiger partial charge in [0.2, 0.25) is 0 Å². The number of carbonyl (C=O) groups excluding carboxylic acids is 3. The Hall–Kier alpha value is -2.94. The summed E-state index contributed by atoms with van der Waals surface area (Å²) >= 11 is 0. The Balaban J connectivity index is 3.06. The first kappa shape index (κ1) is 30.1. The van der Waals surface area contributed by atoms with Crippen LogP contribution in [0.25, 0.3) is 0 Å². The number of unbranched alkanes of at least 4 members (excludes halogenated alkanes) is 2. The predicted molar refractivity (Wildman–Crippen MR) is 130 cm³/mol. The predicted octanol–water partition coefficient (Wildman–Crippen LogP) is 4.32. The van der Waals surface area contributed by atoms with E-state index in [0.717, 1.165) is 12.8 Å². The normalized spacial score (nSPS) is 13.4. The monoisotopic (exact) mass is 493 g/mol. The van der Waals surface area contributed by atoms with Crippen LogP contribution in [0.2, 0.25) is 0 Å². The molecule has 0 spiro atoms. The molecule has 0 aliphatic rings. The van der Waals surface area contributed by atoms with Crippen molar-refractivity contribution >= 4 is 23.9 Å². The largest absolute Gasteiger partial charge is 0.480 e. The molecule has 9 heteroatoms. The van der Waals surface area contributed by atoms with E-state index in [-0.39, 0.29) is 49.6 Å². The number of benzene rings is 1. The number of hydrogen-bond acceptors (Lipinski definition) is 8. The van der Waals surface area contributed by atoms with Gasteiger partial charge in [-0.25, -0.2) is 0 Å². The molecule has 2 atom stereocenters. The molecule has 9 nitrogen and oxygen atoms in total. The number of ether oxygens (including phenoxy) is 3. The number of nitrogens with two attached hydrogens (primary N) is 1. The van der Waals surface area contributed by atoms with Crippen LogP contribution >= 0.6 is 0 Å². The quantitative estimate of drug-likeness (QED) is 0.195. The summed E-state index contributed by atoms with van der Waals surface area (Å²) in [5, 5.41) is 9.85. The highest BCUT2D eigenvalue weighted by atomic mass is 16.6. The molecular formula is C26H39NO8. The zero-order chi connectivity index (χ0) is 26.4. The Kier molecular flexibility index (Phi) is 13.0. The lowest BCUT2D eigenvalue weighted by Gasteiger charge is -2.28. The number of rotatable bonds is 16. The van der Waals surface area contributed by atoms with Crippen LogP contribution in [0.1, 0.15) is 91.0 Å². The first-order valence-corrected chi connectivity index (χ1v) is 12.3. The average molecular weight is 494 g/mol. The van der Waals surface area contributed by atoms with Gasteiger partial charge in [-0.1, -0.05) is 39.7 Å². The van der Waals surface area contributed by atoms with Gasteiger partial charge in [-0.3, -0.25) is 19.2 Å². The fourth-order valence-electron chi connectivity index (χ4n) is 3.54. The van der Waals surface area contributed by atoms with Crippen LogP contribution in [-0.4, -0.2) is 40.6 Å². The smallest absolute Gasteiger partial charge is 0.324 e. The lowest BCUT2D eigenvalue weighted by atomic mass is 9.86. The molecule has 0 fully saturated rings. The van der Waals surface area contributed by atoms with Crippen LogP contribution in [0.4, 0.5) is 0 Å². The second-order valence-electron chi connectivity index (χ2n) is 8.83. The van der Waals surface area contributed by atoms with Crippen LogP contribution in [-0.2, 0) is 30.3 Å². The van der Waals surface area contributed by atoms with E-state index < -0.39 is 29.6 Å². The second kappa shape index (κ2) is 15.1. The highest BCUT2D eigenvalue weighted by Crippen LogP contribution is 2.31. The Morgan fingerprint density at radius 3 is 2.03 bits per heavy atom. The third-order valence-electron chi connectivity index (χ3n) is 5.28. The van der Waals surface area contributed by atoms with E-state index in [4.69, 9.17) is 19.9 Å². The maximum absolute atomic E-state index is 12.1. The molecule has 0 amide bonds. The summed E-state index contributed by atoms with van der Waals surface area (Å²) in [4.78, 5) is 48.1. The fraction of sp³-hybridized carbons (Fsp3) is 0.615. The summed E-state index contributed by atoms with van der Waals surface area (Å²) in [6.45, 7) is 7.30. The molecule has 0 heterocycles. The van der Waals surface area contributed by atoms with Gasteiger partial charge < -0.3 is 25.1 Å². The van der Waals surface area contributed by atoms with Crippen molar-refractivity contribution in [1.82, 2.24) is 0 Å². The van der Waals surface area contributed by atoms with Crippen LogP contribution < -0.4 is 15.2 Å². The minimum atomic E-state index is -1.74. The molecule has 0 saturated carbocycles. The van der Waals surface area contributed by atoms with Crippen molar-refractivity contribution in [3.05, 3.63) is 23.8 Å². The minimum Gasteiger partial charge on any atom is -0.480 e. The highest BCUT2D eigenvalue weighted by Gasteiger charge is 2.37. The number of carboxylic acids is 1. The van der Waals surface area contributed by atoms with Crippen molar-refractivity contribution in [2.75, 3.05) is 0 Å². The molecule has 0 aliphatic heterocycles. The topological polar surface area (TPSA) is 142 Å². The van der Waals surface area contributed by atoms with Crippen molar-refractivity contribution < 1.29 is 38.5 Å². The number of carboxylic acid groups (broad SMARTS) is 1. The van der Waals surface area contributed by atoms with Gasteiger partial charge in [0.1, 0.15) is 11.6 Å². The van der Waals surface area contributed by atoms with Crippen LogP contribution in [0.5, 0.6) is 11.5 Å². The van der Waals surface area contributed by atoms with Crippen LogP contribution in [0.3, 0.4) is 0 Å². The fourth-order valence-corrected chi connectivity index (χ4v) is 3.54. The maximum Gasteiger partial charge on any atom is 0.324 e. The lowest BCUT2D eigenvalue weighted by molar-refractivity contribution is -0.153. The van der Waals surface area contributed by atoms with Gasteiger partial charge in [-0.2, -0.15) is 0 Å². The molecule has 1 unspecified atom stereocenters. The van der Waals surface area contributed by atoms with Crippen molar-refractivity contribution in [3.63, 3.8) is 0 Å². The van der Waals surface area contributed by atoms with E-state index >= 15 is 0 Å². The molecule has 0 bridgehead atoms. The molecule has 3 N–H and O–H groups in total. The zero-order valence-electron chi connectivity index (χ0n) is 21.3. The van der Waals surface area contributed by atoms with E-state index in [9.17, 15) is 24.3 Å². The summed E-state index contributed by atoms with van der Waals surface area (Å²) in [5.74, 6) is -2.52. The molecule has 0 saturated heterocycles. The number of aliphatic carboxylic acids is 1. The van der Waals surface area contributed by atoms with Gasteiger partial charge in [0, 0.05) is 32.1 Å². The van der Waals surface area contributed by atoms with E-state index in [1.807, 2.05) is 20.8 Å². The molecule has 35 heavy (non-hydrogen) atoms. The maximum atomic E-state index is 12.1. The van der Waals surface area contributed by atoms with Gasteiger partial charge in [-0.15, -0.1) is 0 Å². The van der Waals surface area contributed by atoms with Gasteiger partial charge in [-0.05, 0) is 43.9 Å². The van der Waals surface area contributed by atoms with E-state index in [2.05, 4.69) is 0 Å². The second-order valence-corrected chi connectivity index (χ2v) is 8.83. The Bertz CT molecular complexity index is 869. The Morgan fingerprint density at radius 2 is 1.49 bits per heavy atom. The van der Waals surface area contributed by atoms with Crippen molar-refractivity contribution in [1.29, 1.82) is 0 Å².